The van der Waals surface area contributed by atoms with Crippen LogP contribution in [-0.4, -0.2) is 36.1 Å². The van der Waals surface area contributed by atoms with Crippen molar-refractivity contribution in [3.63, 3.8) is 0 Å². The average molecular weight is 480 g/mol. The normalized spacial score (nSPS) is 17.3. The van der Waals surface area contributed by atoms with Gasteiger partial charge in [-0.1, -0.05) is 23.4 Å². The number of rotatable bonds is 8. The van der Waals surface area contributed by atoms with Crippen LogP contribution in [0.25, 0.3) is 33.8 Å². The van der Waals surface area contributed by atoms with Crippen LogP contribution >= 0.6 is 0 Å². The lowest BCUT2D eigenvalue weighted by atomic mass is 9.97. The maximum atomic E-state index is 11.2. The summed E-state index contributed by atoms with van der Waals surface area (Å²) in [5.41, 5.74) is 6.30. The Balaban J connectivity index is 1.28. The van der Waals surface area contributed by atoms with Crippen molar-refractivity contribution in [2.24, 2.45) is 5.18 Å². The predicted octanol–water partition coefficient (Wildman–Crippen LogP) is 6.90. The van der Waals surface area contributed by atoms with Gasteiger partial charge in [-0.3, -0.25) is 9.88 Å². The van der Waals surface area contributed by atoms with Gasteiger partial charge in [0.15, 0.2) is 0 Å². The van der Waals surface area contributed by atoms with Crippen molar-refractivity contribution < 1.29 is 9.15 Å². The van der Waals surface area contributed by atoms with Gasteiger partial charge in [-0.05, 0) is 97.9 Å². The van der Waals surface area contributed by atoms with E-state index < -0.39 is 0 Å². The molecule has 1 saturated heterocycles. The van der Waals surface area contributed by atoms with E-state index in [1.165, 1.54) is 31.5 Å². The van der Waals surface area contributed by atoms with Gasteiger partial charge in [0.2, 0.25) is 0 Å². The Kier molecular flexibility index (Phi) is 6.35. The first-order valence-electron chi connectivity index (χ1n) is 12.7. The van der Waals surface area contributed by atoms with E-state index in [1.54, 1.807) is 12.4 Å². The zero-order valence-electron chi connectivity index (χ0n) is 20.2. The van der Waals surface area contributed by atoms with E-state index in [9.17, 15) is 4.91 Å². The third-order valence-corrected chi connectivity index (χ3v) is 7.32. The second kappa shape index (κ2) is 10.1. The highest BCUT2D eigenvalue weighted by atomic mass is 16.5. The van der Waals surface area contributed by atoms with Crippen LogP contribution in [0.1, 0.15) is 36.4 Å². The van der Waals surface area contributed by atoms with Crippen LogP contribution in [0.15, 0.2) is 82.7 Å². The van der Waals surface area contributed by atoms with E-state index >= 15 is 0 Å². The minimum absolute atomic E-state index is 0.232. The number of likely N-dealkylation sites (tertiary alicyclic amines) is 1. The van der Waals surface area contributed by atoms with Gasteiger partial charge in [-0.25, -0.2) is 0 Å². The molecule has 3 heterocycles. The molecular weight excluding hydrogens is 450 g/mol. The van der Waals surface area contributed by atoms with Crippen LogP contribution in [0.5, 0.6) is 5.75 Å². The van der Waals surface area contributed by atoms with Crippen molar-refractivity contribution in [3.05, 3.63) is 89.1 Å². The number of pyridine rings is 1. The summed E-state index contributed by atoms with van der Waals surface area (Å²) in [6.07, 6.45) is 7.79. The standard InChI is InChI=1S/C30H29N3O3/c34-32-28-10-6-23-19-24(5-9-26(23)28)27-20-29(36-30(27)22-11-13-31-14-12-22)21-3-7-25(8-4-21)35-18-17-33-15-1-2-16-33/h3-5,7-9,11-14,19-20,28H,1-2,6,10,15-18H2. The lowest BCUT2D eigenvalue weighted by molar-refractivity contribution is 0.238. The number of hydrogen-bond acceptors (Lipinski definition) is 6. The van der Waals surface area contributed by atoms with Gasteiger partial charge in [-0.2, -0.15) is 4.91 Å². The van der Waals surface area contributed by atoms with Crippen LogP contribution in [0.4, 0.5) is 0 Å². The molecule has 1 aliphatic carbocycles. The molecule has 0 bridgehead atoms. The zero-order chi connectivity index (χ0) is 24.3. The maximum absolute atomic E-state index is 11.2. The number of furan rings is 1. The van der Waals surface area contributed by atoms with E-state index in [0.717, 1.165) is 64.5 Å². The third kappa shape index (κ3) is 4.56. The molecule has 1 unspecified atom stereocenters. The lowest BCUT2D eigenvalue weighted by Crippen LogP contribution is -2.25. The summed E-state index contributed by atoms with van der Waals surface area (Å²) in [6.45, 7) is 4.04. The van der Waals surface area contributed by atoms with Gasteiger partial charge in [0.05, 0.1) is 0 Å². The number of aryl methyl sites for hydroxylation is 1. The number of ether oxygens (including phenoxy) is 1. The first kappa shape index (κ1) is 22.7. The smallest absolute Gasteiger partial charge is 0.142 e. The molecule has 0 spiro atoms. The highest BCUT2D eigenvalue weighted by Gasteiger charge is 2.25. The molecule has 182 valence electrons. The second-order valence-electron chi connectivity index (χ2n) is 9.58. The summed E-state index contributed by atoms with van der Waals surface area (Å²) in [6, 6.07) is 20.2. The van der Waals surface area contributed by atoms with Gasteiger partial charge >= 0.3 is 0 Å². The van der Waals surface area contributed by atoms with Crippen molar-refractivity contribution in [1.82, 2.24) is 9.88 Å². The Morgan fingerprint density at radius 2 is 1.72 bits per heavy atom. The molecular formula is C30H29N3O3. The Hall–Kier alpha value is -3.77. The van der Waals surface area contributed by atoms with E-state index in [-0.39, 0.29) is 6.04 Å². The molecule has 1 aliphatic heterocycles. The van der Waals surface area contributed by atoms with Crippen molar-refractivity contribution >= 4 is 0 Å². The van der Waals surface area contributed by atoms with Crippen molar-refractivity contribution in [2.75, 3.05) is 26.2 Å². The molecule has 36 heavy (non-hydrogen) atoms. The van der Waals surface area contributed by atoms with Crippen LogP contribution < -0.4 is 4.74 Å². The first-order valence-corrected chi connectivity index (χ1v) is 12.7. The number of nitroso groups, excluding NO2 is 1. The maximum Gasteiger partial charge on any atom is 0.142 e. The molecule has 6 heteroatoms. The predicted molar refractivity (Wildman–Crippen MR) is 141 cm³/mol. The summed E-state index contributed by atoms with van der Waals surface area (Å²) in [7, 11) is 0. The average Bonchev–Trinajstić information content (AvgIpc) is 3.69. The Bertz CT molecular complexity index is 1340. The summed E-state index contributed by atoms with van der Waals surface area (Å²) in [5, 5.41) is 3.30. The molecule has 4 aromatic rings. The van der Waals surface area contributed by atoms with Gasteiger partial charge in [0, 0.05) is 35.6 Å². The molecule has 6 nitrogen and oxygen atoms in total. The molecule has 0 N–H and O–H groups in total. The Morgan fingerprint density at radius 3 is 2.50 bits per heavy atom. The fourth-order valence-corrected chi connectivity index (χ4v) is 5.35. The quantitative estimate of drug-likeness (QED) is 0.257. The zero-order valence-corrected chi connectivity index (χ0v) is 20.2. The van der Waals surface area contributed by atoms with Gasteiger partial charge in [0.1, 0.15) is 29.9 Å². The van der Waals surface area contributed by atoms with Crippen LogP contribution in [0, 0.1) is 4.91 Å². The van der Waals surface area contributed by atoms with E-state index in [2.05, 4.69) is 33.3 Å². The first-order chi connectivity index (χ1) is 17.8. The van der Waals surface area contributed by atoms with E-state index in [0.29, 0.717) is 6.61 Å². The molecule has 2 aliphatic rings. The number of fused-ring (bicyclic) bond motifs is 1. The number of aromatic nitrogens is 1. The second-order valence-corrected chi connectivity index (χ2v) is 9.58. The molecule has 0 radical (unpaired) electrons. The molecule has 0 amide bonds. The van der Waals surface area contributed by atoms with Gasteiger partial charge in [0.25, 0.3) is 0 Å². The Labute approximate surface area is 210 Å². The molecule has 2 aromatic carbocycles. The SMILES string of the molecule is O=NC1CCc2cc(-c3cc(-c4ccc(OCCN5CCCC5)cc4)oc3-c3ccncc3)ccc21. The van der Waals surface area contributed by atoms with E-state index in [1.807, 2.05) is 42.5 Å². The summed E-state index contributed by atoms with van der Waals surface area (Å²) < 4.78 is 12.4. The highest BCUT2D eigenvalue weighted by Crippen LogP contribution is 2.42. The Morgan fingerprint density at radius 1 is 0.944 bits per heavy atom. The summed E-state index contributed by atoms with van der Waals surface area (Å²) >= 11 is 0. The van der Waals surface area contributed by atoms with Crippen molar-refractivity contribution in [2.45, 2.75) is 31.7 Å². The number of nitrogens with zero attached hydrogens (tertiary/aromatic N) is 3. The fraction of sp³-hybridized carbons (Fsp3) is 0.300. The van der Waals surface area contributed by atoms with E-state index in [4.69, 9.17) is 9.15 Å². The number of benzene rings is 2. The molecule has 1 fully saturated rings. The molecule has 0 saturated carbocycles. The molecule has 6 rings (SSSR count). The highest BCUT2D eigenvalue weighted by molar-refractivity contribution is 5.84. The fourth-order valence-electron chi connectivity index (χ4n) is 5.35. The minimum atomic E-state index is -0.232. The van der Waals surface area contributed by atoms with Crippen LogP contribution in [0.2, 0.25) is 0 Å². The summed E-state index contributed by atoms with van der Waals surface area (Å²) in [5.74, 6) is 2.48. The minimum Gasteiger partial charge on any atom is -0.492 e. The number of hydrogen-bond donors (Lipinski definition) is 0. The summed E-state index contributed by atoms with van der Waals surface area (Å²) in [4.78, 5) is 17.8. The van der Waals surface area contributed by atoms with Crippen molar-refractivity contribution in [1.29, 1.82) is 0 Å². The topological polar surface area (TPSA) is 67.9 Å². The van der Waals surface area contributed by atoms with Crippen molar-refractivity contribution in [3.8, 4) is 39.5 Å². The monoisotopic (exact) mass is 479 g/mol. The van der Waals surface area contributed by atoms with Gasteiger partial charge in [-0.15, -0.1) is 0 Å². The lowest BCUT2D eigenvalue weighted by Gasteiger charge is -2.14. The third-order valence-electron chi connectivity index (χ3n) is 7.32. The largest absolute Gasteiger partial charge is 0.492 e. The molecule has 1 atom stereocenters. The van der Waals surface area contributed by atoms with Crippen LogP contribution in [-0.2, 0) is 6.42 Å². The molecule has 2 aromatic heterocycles. The van der Waals surface area contributed by atoms with Crippen LogP contribution in [0.3, 0.4) is 0 Å². The van der Waals surface area contributed by atoms with Gasteiger partial charge < -0.3 is 9.15 Å².